The van der Waals surface area contributed by atoms with E-state index >= 15 is 0 Å². The molecule has 0 bridgehead atoms. The molecule has 0 heterocycles. The van der Waals surface area contributed by atoms with Crippen LogP contribution in [0.15, 0.2) is 42.5 Å². The molecule has 118 valence electrons. The van der Waals surface area contributed by atoms with Crippen LogP contribution in [0.4, 0.5) is 32.0 Å². The van der Waals surface area contributed by atoms with Crippen molar-refractivity contribution in [3.63, 3.8) is 0 Å². The van der Waals surface area contributed by atoms with Crippen LogP contribution in [0.3, 0.4) is 0 Å². The summed E-state index contributed by atoms with van der Waals surface area (Å²) < 4.78 is 80.7. The molecule has 0 aliphatic heterocycles. The number of hydrogen-bond acceptors (Lipinski definition) is 2. The van der Waals surface area contributed by atoms with Gasteiger partial charge in [0.1, 0.15) is 11.5 Å². The van der Waals surface area contributed by atoms with Crippen molar-refractivity contribution in [3.05, 3.63) is 53.6 Å². The highest BCUT2D eigenvalue weighted by molar-refractivity contribution is 5.49. The maximum atomic E-state index is 12.6. The van der Waals surface area contributed by atoms with Crippen molar-refractivity contribution in [2.24, 2.45) is 0 Å². The van der Waals surface area contributed by atoms with Gasteiger partial charge in [0.15, 0.2) is 0 Å². The van der Waals surface area contributed by atoms with Crippen molar-refractivity contribution < 1.29 is 31.1 Å². The zero-order valence-corrected chi connectivity index (χ0v) is 10.8. The molecule has 2 aromatic rings. The van der Waals surface area contributed by atoms with Crippen molar-refractivity contribution in [1.29, 1.82) is 0 Å². The quantitative estimate of drug-likeness (QED) is 0.617. The van der Waals surface area contributed by atoms with Crippen LogP contribution in [-0.2, 0) is 12.4 Å². The minimum atomic E-state index is -4.64. The van der Waals surface area contributed by atoms with Crippen LogP contribution in [0.1, 0.15) is 11.1 Å². The Kier molecular flexibility index (Phi) is 3.95. The standard InChI is InChI=1S/C14H9F6NO/c15-13(16,17)8-2-1-3-11(5-8)22-12-6-9(14(18,19)20)4-10(21)7-12/h1-7H,21H2. The van der Waals surface area contributed by atoms with E-state index in [-0.39, 0.29) is 17.2 Å². The predicted molar refractivity (Wildman–Crippen MR) is 67.4 cm³/mol. The van der Waals surface area contributed by atoms with E-state index in [9.17, 15) is 26.3 Å². The lowest BCUT2D eigenvalue weighted by Crippen LogP contribution is -2.06. The van der Waals surface area contributed by atoms with Crippen LogP contribution >= 0.6 is 0 Å². The first-order valence-electron chi connectivity index (χ1n) is 5.88. The highest BCUT2D eigenvalue weighted by atomic mass is 19.4. The Morgan fingerprint density at radius 3 is 1.91 bits per heavy atom. The molecule has 2 nitrogen and oxygen atoms in total. The number of nitrogen functional groups attached to an aromatic ring is 1. The van der Waals surface area contributed by atoms with Gasteiger partial charge in [-0.3, -0.25) is 0 Å². The van der Waals surface area contributed by atoms with E-state index in [1.165, 1.54) is 6.07 Å². The highest BCUT2D eigenvalue weighted by Crippen LogP contribution is 2.36. The summed E-state index contributed by atoms with van der Waals surface area (Å²) in [6.45, 7) is 0. The molecule has 2 N–H and O–H groups in total. The van der Waals surface area contributed by atoms with Crippen molar-refractivity contribution >= 4 is 5.69 Å². The molecular formula is C14H9F6NO. The van der Waals surface area contributed by atoms with Crippen LogP contribution in [0.25, 0.3) is 0 Å². The van der Waals surface area contributed by atoms with Crippen LogP contribution in [-0.4, -0.2) is 0 Å². The Bertz CT molecular complexity index is 678. The molecule has 0 fully saturated rings. The van der Waals surface area contributed by atoms with E-state index in [1.807, 2.05) is 0 Å². The van der Waals surface area contributed by atoms with Crippen molar-refractivity contribution in [1.82, 2.24) is 0 Å². The largest absolute Gasteiger partial charge is 0.457 e. The fraction of sp³-hybridized carbons (Fsp3) is 0.143. The molecule has 0 radical (unpaired) electrons. The maximum Gasteiger partial charge on any atom is 0.416 e. The van der Waals surface area contributed by atoms with Gasteiger partial charge in [-0.15, -0.1) is 0 Å². The molecule has 2 rings (SSSR count). The van der Waals surface area contributed by atoms with E-state index in [0.717, 1.165) is 18.2 Å². The van der Waals surface area contributed by atoms with E-state index in [0.29, 0.717) is 18.2 Å². The van der Waals surface area contributed by atoms with Crippen molar-refractivity contribution in [2.75, 3.05) is 5.73 Å². The van der Waals surface area contributed by atoms with Gasteiger partial charge in [0.25, 0.3) is 0 Å². The molecule has 22 heavy (non-hydrogen) atoms. The number of nitrogens with two attached hydrogens (primary N) is 1. The van der Waals surface area contributed by atoms with Crippen molar-refractivity contribution in [2.45, 2.75) is 12.4 Å². The summed E-state index contributed by atoms with van der Waals surface area (Å²) in [5.41, 5.74) is 3.12. The Labute approximate surface area is 121 Å². The second-order valence-corrected chi connectivity index (χ2v) is 4.42. The second-order valence-electron chi connectivity index (χ2n) is 4.42. The first-order valence-corrected chi connectivity index (χ1v) is 5.88. The van der Waals surface area contributed by atoms with Gasteiger partial charge < -0.3 is 10.5 Å². The molecule has 0 aliphatic rings. The van der Waals surface area contributed by atoms with Gasteiger partial charge in [0, 0.05) is 11.8 Å². The fourth-order valence-corrected chi connectivity index (χ4v) is 1.72. The summed E-state index contributed by atoms with van der Waals surface area (Å²) in [4.78, 5) is 0. The first-order chi connectivity index (χ1) is 10.1. The molecule has 0 atom stereocenters. The van der Waals surface area contributed by atoms with E-state index in [2.05, 4.69) is 0 Å². The smallest absolute Gasteiger partial charge is 0.416 e. The summed E-state index contributed by atoms with van der Waals surface area (Å²) >= 11 is 0. The predicted octanol–water partition coefficient (Wildman–Crippen LogP) is 5.10. The minimum absolute atomic E-state index is 0.211. The van der Waals surface area contributed by atoms with E-state index < -0.39 is 23.5 Å². The summed E-state index contributed by atoms with van der Waals surface area (Å²) in [6.07, 6.45) is -9.21. The molecule has 0 saturated heterocycles. The molecule has 0 aromatic heterocycles. The molecule has 0 saturated carbocycles. The Morgan fingerprint density at radius 2 is 1.32 bits per heavy atom. The van der Waals surface area contributed by atoms with Crippen LogP contribution < -0.4 is 10.5 Å². The number of rotatable bonds is 2. The van der Waals surface area contributed by atoms with Crippen molar-refractivity contribution in [3.8, 4) is 11.5 Å². The molecule has 0 unspecified atom stereocenters. The molecule has 0 spiro atoms. The lowest BCUT2D eigenvalue weighted by molar-refractivity contribution is -0.138. The molecule has 0 amide bonds. The number of hydrogen-bond donors (Lipinski definition) is 1. The topological polar surface area (TPSA) is 35.2 Å². The van der Waals surface area contributed by atoms with Gasteiger partial charge in [0.05, 0.1) is 11.1 Å². The van der Waals surface area contributed by atoms with Gasteiger partial charge in [0.2, 0.25) is 0 Å². The summed E-state index contributed by atoms with van der Waals surface area (Å²) in [7, 11) is 0. The first kappa shape index (κ1) is 16.0. The SMILES string of the molecule is Nc1cc(Oc2cccc(C(F)(F)F)c2)cc(C(F)(F)F)c1. The van der Waals surface area contributed by atoms with Gasteiger partial charge >= 0.3 is 12.4 Å². The van der Waals surface area contributed by atoms with Crippen LogP contribution in [0.5, 0.6) is 11.5 Å². The average Bonchev–Trinajstić information content (AvgIpc) is 2.36. The van der Waals surface area contributed by atoms with Crippen LogP contribution in [0.2, 0.25) is 0 Å². The molecule has 8 heteroatoms. The minimum Gasteiger partial charge on any atom is -0.457 e. The number of ether oxygens (including phenoxy) is 1. The summed E-state index contributed by atoms with van der Waals surface area (Å²) in [5, 5.41) is 0. The monoisotopic (exact) mass is 321 g/mol. The number of alkyl halides is 6. The van der Waals surface area contributed by atoms with Gasteiger partial charge in [-0.1, -0.05) is 6.07 Å². The van der Waals surface area contributed by atoms with E-state index in [4.69, 9.17) is 10.5 Å². The normalized spacial score (nSPS) is 12.3. The lowest BCUT2D eigenvalue weighted by atomic mass is 10.1. The van der Waals surface area contributed by atoms with E-state index in [1.54, 1.807) is 0 Å². The molecule has 0 aliphatic carbocycles. The summed E-state index contributed by atoms with van der Waals surface area (Å²) in [5.74, 6) is -0.541. The third kappa shape index (κ3) is 3.84. The third-order valence-electron chi connectivity index (χ3n) is 2.65. The fourth-order valence-electron chi connectivity index (χ4n) is 1.72. The third-order valence-corrected chi connectivity index (χ3v) is 2.65. The zero-order valence-electron chi connectivity index (χ0n) is 10.8. The van der Waals surface area contributed by atoms with Gasteiger partial charge in [-0.25, -0.2) is 0 Å². The van der Waals surface area contributed by atoms with Crippen LogP contribution in [0, 0.1) is 0 Å². The molecule has 2 aromatic carbocycles. The number of halogens is 6. The van der Waals surface area contributed by atoms with Gasteiger partial charge in [-0.05, 0) is 30.3 Å². The van der Waals surface area contributed by atoms with Gasteiger partial charge in [-0.2, -0.15) is 26.3 Å². The zero-order chi connectivity index (χ0) is 16.5. The second kappa shape index (κ2) is 5.43. The Balaban J connectivity index is 2.34. The maximum absolute atomic E-state index is 12.6. The Morgan fingerprint density at radius 1 is 0.727 bits per heavy atom. The highest BCUT2D eigenvalue weighted by Gasteiger charge is 2.32. The summed E-state index contributed by atoms with van der Waals surface area (Å²) in [6, 6.07) is 6.27. The number of benzene rings is 2. The average molecular weight is 321 g/mol. The molecular weight excluding hydrogens is 312 g/mol. The number of anilines is 1. The lowest BCUT2D eigenvalue weighted by Gasteiger charge is -2.13. The Hall–Kier alpha value is -2.38.